The maximum atomic E-state index is 12.5. The molecule has 17 heavy (non-hydrogen) atoms. The van der Waals surface area contributed by atoms with Gasteiger partial charge in [-0.2, -0.15) is 22.0 Å². The van der Waals surface area contributed by atoms with Gasteiger partial charge in [0.2, 0.25) is 0 Å². The van der Waals surface area contributed by atoms with Crippen LogP contribution in [0.1, 0.15) is 59.3 Å². The smallest absolute Gasteiger partial charge is 0.196 e. The van der Waals surface area contributed by atoms with Crippen molar-refractivity contribution in [3.63, 3.8) is 0 Å². The summed E-state index contributed by atoms with van der Waals surface area (Å²) in [4.78, 5) is 0. The van der Waals surface area contributed by atoms with Crippen LogP contribution in [0.4, 0.5) is 22.0 Å². The molecule has 0 spiro atoms. The topological polar surface area (TPSA) is 0 Å². The molecular formula is C12H21F5. The first kappa shape index (κ1) is 16.6. The van der Waals surface area contributed by atoms with Crippen LogP contribution in [-0.4, -0.2) is 12.1 Å². The molecule has 0 aromatic carbocycles. The van der Waals surface area contributed by atoms with E-state index in [0.29, 0.717) is 12.8 Å². The molecule has 104 valence electrons. The van der Waals surface area contributed by atoms with Gasteiger partial charge in [0.1, 0.15) is 0 Å². The molecule has 0 rings (SSSR count). The van der Waals surface area contributed by atoms with Crippen LogP contribution in [-0.2, 0) is 0 Å². The number of rotatable bonds is 6. The van der Waals surface area contributed by atoms with Gasteiger partial charge >= 0.3 is 12.1 Å². The molecule has 0 unspecified atom stereocenters. The molecule has 0 saturated heterocycles. The summed E-state index contributed by atoms with van der Waals surface area (Å²) in [5.74, 6) is -4.53. The van der Waals surface area contributed by atoms with Gasteiger partial charge in [0.05, 0.1) is 0 Å². The highest BCUT2D eigenvalue weighted by Crippen LogP contribution is 2.39. The van der Waals surface area contributed by atoms with E-state index < -0.39 is 18.5 Å². The maximum Gasteiger partial charge on any atom is 0.453 e. The average Bonchev–Trinajstić information content (AvgIpc) is 2.07. The Kier molecular flexibility index (Phi) is 5.88. The van der Waals surface area contributed by atoms with Gasteiger partial charge in [-0.15, -0.1) is 0 Å². The summed E-state index contributed by atoms with van der Waals surface area (Å²) in [5.41, 5.74) is 0.190. The van der Waals surface area contributed by atoms with Gasteiger partial charge in [0.15, 0.2) is 0 Å². The first-order valence-electron chi connectivity index (χ1n) is 5.90. The van der Waals surface area contributed by atoms with Gasteiger partial charge in [0, 0.05) is 6.42 Å². The van der Waals surface area contributed by atoms with E-state index in [1.54, 1.807) is 0 Å². The second-order valence-electron chi connectivity index (χ2n) is 5.68. The molecule has 0 aliphatic rings. The Morgan fingerprint density at radius 3 is 1.41 bits per heavy atom. The quantitative estimate of drug-likeness (QED) is 0.432. The lowest BCUT2D eigenvalue weighted by Crippen LogP contribution is -2.36. The minimum absolute atomic E-state index is 0.0728. The molecule has 0 aliphatic carbocycles. The number of hydrogen-bond acceptors (Lipinski definition) is 0. The molecule has 0 nitrogen and oxygen atoms in total. The third-order valence-corrected chi connectivity index (χ3v) is 2.58. The van der Waals surface area contributed by atoms with Crippen molar-refractivity contribution in [1.29, 1.82) is 0 Å². The fourth-order valence-electron chi connectivity index (χ4n) is 1.50. The summed E-state index contributed by atoms with van der Waals surface area (Å²) >= 11 is 0. The molecule has 0 N–H and O–H groups in total. The normalized spacial score (nSPS) is 14.1. The van der Waals surface area contributed by atoms with E-state index in [1.807, 2.05) is 0 Å². The Hall–Kier alpha value is -0.350. The molecule has 0 atom stereocenters. The summed E-state index contributed by atoms with van der Waals surface area (Å²) in [7, 11) is 0. The van der Waals surface area contributed by atoms with Crippen LogP contribution >= 0.6 is 0 Å². The van der Waals surface area contributed by atoms with Gasteiger partial charge in [-0.3, -0.25) is 0 Å². The van der Waals surface area contributed by atoms with E-state index in [1.165, 1.54) is 0 Å². The van der Waals surface area contributed by atoms with Crippen LogP contribution in [0, 0.1) is 5.41 Å². The van der Waals surface area contributed by atoms with Crippen molar-refractivity contribution < 1.29 is 22.0 Å². The first-order valence-corrected chi connectivity index (χ1v) is 5.90. The zero-order valence-electron chi connectivity index (χ0n) is 10.6. The average molecular weight is 260 g/mol. The Labute approximate surface area is 99.6 Å². The lowest BCUT2D eigenvalue weighted by Gasteiger charge is -2.20. The molecule has 0 saturated carbocycles. The minimum Gasteiger partial charge on any atom is -0.196 e. The van der Waals surface area contributed by atoms with Crippen molar-refractivity contribution in [1.82, 2.24) is 0 Å². The second kappa shape index (κ2) is 6.01. The Balaban J connectivity index is 3.66. The number of halogens is 5. The minimum atomic E-state index is -5.40. The highest BCUT2D eigenvalue weighted by molar-refractivity contribution is 4.75. The first-order chi connectivity index (χ1) is 7.46. The fraction of sp³-hybridized carbons (Fsp3) is 1.00. The Bertz CT molecular complexity index is 212. The van der Waals surface area contributed by atoms with E-state index in [2.05, 4.69) is 20.8 Å². The number of alkyl halides is 5. The molecule has 0 fully saturated rings. The molecule has 0 amide bonds. The monoisotopic (exact) mass is 260 g/mol. The standard InChI is InChI=1S/C12H21F5/c1-10(2,3)8-6-4-5-7-9-11(13,14)12(15,16)17/h4-9H2,1-3H3. The van der Waals surface area contributed by atoms with E-state index in [-0.39, 0.29) is 11.8 Å². The molecule has 0 radical (unpaired) electrons. The number of hydrogen-bond donors (Lipinski definition) is 0. The van der Waals surface area contributed by atoms with Crippen molar-refractivity contribution in [2.45, 2.75) is 71.4 Å². The zero-order chi connectivity index (χ0) is 13.7. The van der Waals surface area contributed by atoms with Crippen LogP contribution in [0.2, 0.25) is 0 Å². The van der Waals surface area contributed by atoms with Gasteiger partial charge < -0.3 is 0 Å². The van der Waals surface area contributed by atoms with Crippen molar-refractivity contribution in [3.05, 3.63) is 0 Å². The third-order valence-electron chi connectivity index (χ3n) is 2.58. The summed E-state index contributed by atoms with van der Waals surface area (Å²) in [5, 5.41) is 0. The largest absolute Gasteiger partial charge is 0.453 e. The molecule has 0 aliphatic heterocycles. The molecule has 0 aromatic heterocycles. The van der Waals surface area contributed by atoms with Crippen molar-refractivity contribution in [2.75, 3.05) is 0 Å². The summed E-state index contributed by atoms with van der Waals surface area (Å²) in [6, 6.07) is 0. The van der Waals surface area contributed by atoms with Crippen LogP contribution < -0.4 is 0 Å². The van der Waals surface area contributed by atoms with Crippen LogP contribution in [0.3, 0.4) is 0 Å². The van der Waals surface area contributed by atoms with Crippen LogP contribution in [0.5, 0.6) is 0 Å². The van der Waals surface area contributed by atoms with Crippen LogP contribution in [0.15, 0.2) is 0 Å². The maximum absolute atomic E-state index is 12.5. The summed E-state index contributed by atoms with van der Waals surface area (Å²) in [6.07, 6.45) is -3.59. The van der Waals surface area contributed by atoms with E-state index in [0.717, 1.165) is 12.8 Å². The number of unbranched alkanes of at least 4 members (excludes halogenated alkanes) is 3. The van der Waals surface area contributed by atoms with Crippen LogP contribution in [0.25, 0.3) is 0 Å². The van der Waals surface area contributed by atoms with Crippen molar-refractivity contribution in [3.8, 4) is 0 Å². The lowest BCUT2D eigenvalue weighted by atomic mass is 9.89. The van der Waals surface area contributed by atoms with Gasteiger partial charge in [-0.25, -0.2) is 0 Å². The highest BCUT2D eigenvalue weighted by atomic mass is 19.4. The summed E-state index contributed by atoms with van der Waals surface area (Å²) in [6.45, 7) is 6.22. The predicted octanol–water partition coefficient (Wildman–Crippen LogP) is 5.57. The second-order valence-corrected chi connectivity index (χ2v) is 5.68. The van der Waals surface area contributed by atoms with Crippen molar-refractivity contribution >= 4 is 0 Å². The van der Waals surface area contributed by atoms with E-state index in [9.17, 15) is 22.0 Å². The molecule has 5 heteroatoms. The fourth-order valence-corrected chi connectivity index (χ4v) is 1.50. The van der Waals surface area contributed by atoms with E-state index in [4.69, 9.17) is 0 Å². The molecular weight excluding hydrogens is 239 g/mol. The van der Waals surface area contributed by atoms with Crippen molar-refractivity contribution in [2.24, 2.45) is 5.41 Å². The van der Waals surface area contributed by atoms with Gasteiger partial charge in [0.25, 0.3) is 0 Å². The predicted molar refractivity (Wildman–Crippen MR) is 58.2 cm³/mol. The van der Waals surface area contributed by atoms with Gasteiger partial charge in [-0.05, 0) is 18.3 Å². The highest BCUT2D eigenvalue weighted by Gasteiger charge is 2.56. The molecule has 0 bridgehead atoms. The zero-order valence-corrected chi connectivity index (χ0v) is 10.6. The Morgan fingerprint density at radius 1 is 0.647 bits per heavy atom. The molecule has 0 aromatic rings. The SMILES string of the molecule is CC(C)(C)CCCCCCC(F)(F)C(F)(F)F. The Morgan fingerprint density at radius 2 is 1.06 bits per heavy atom. The third kappa shape index (κ3) is 7.55. The van der Waals surface area contributed by atoms with Gasteiger partial charge in [-0.1, -0.05) is 40.0 Å². The van der Waals surface area contributed by atoms with E-state index >= 15 is 0 Å². The summed E-state index contributed by atoms with van der Waals surface area (Å²) < 4.78 is 60.5. The lowest BCUT2D eigenvalue weighted by molar-refractivity contribution is -0.284. The molecule has 0 heterocycles.